The summed E-state index contributed by atoms with van der Waals surface area (Å²) in [4.78, 5) is 20.0. The van der Waals surface area contributed by atoms with E-state index in [9.17, 15) is 4.79 Å². The highest BCUT2D eigenvalue weighted by molar-refractivity contribution is 8.00. The van der Waals surface area contributed by atoms with Crippen molar-refractivity contribution in [3.63, 3.8) is 0 Å². The lowest BCUT2D eigenvalue weighted by Crippen LogP contribution is -2.53. The molecular formula is C16H20N4OS. The van der Waals surface area contributed by atoms with Crippen molar-refractivity contribution in [1.29, 1.82) is 0 Å². The third-order valence-electron chi connectivity index (χ3n) is 4.63. The van der Waals surface area contributed by atoms with Crippen LogP contribution in [0.2, 0.25) is 0 Å². The van der Waals surface area contributed by atoms with E-state index in [2.05, 4.69) is 34.3 Å². The van der Waals surface area contributed by atoms with Crippen molar-refractivity contribution in [2.45, 2.75) is 36.2 Å². The van der Waals surface area contributed by atoms with Crippen LogP contribution in [0.4, 0.5) is 0 Å². The first kappa shape index (κ1) is 14.2. The molecule has 2 atom stereocenters. The molecule has 0 aliphatic carbocycles. The van der Waals surface area contributed by atoms with E-state index < -0.39 is 0 Å². The smallest absolute Gasteiger partial charge is 0.314 e. The van der Waals surface area contributed by atoms with Crippen LogP contribution in [0, 0.1) is 0 Å². The average molecular weight is 316 g/mol. The molecule has 1 N–H and O–H groups in total. The molecule has 3 heterocycles. The van der Waals surface area contributed by atoms with E-state index in [4.69, 9.17) is 0 Å². The Morgan fingerprint density at radius 3 is 3.14 bits per heavy atom. The predicted molar refractivity (Wildman–Crippen MR) is 89.3 cm³/mol. The van der Waals surface area contributed by atoms with Gasteiger partial charge in [-0.05, 0) is 19.4 Å². The van der Waals surface area contributed by atoms with Crippen molar-refractivity contribution in [1.82, 2.24) is 19.8 Å². The molecule has 1 saturated heterocycles. The number of aryl methyl sites for hydroxylation is 1. The van der Waals surface area contributed by atoms with Gasteiger partial charge in [-0.25, -0.2) is 9.78 Å². The van der Waals surface area contributed by atoms with E-state index in [0.29, 0.717) is 11.4 Å². The van der Waals surface area contributed by atoms with Crippen LogP contribution in [0.5, 0.6) is 0 Å². The van der Waals surface area contributed by atoms with Gasteiger partial charge in [-0.3, -0.25) is 9.47 Å². The molecule has 0 bridgehead atoms. The monoisotopic (exact) mass is 316 g/mol. The van der Waals surface area contributed by atoms with Gasteiger partial charge in [-0.1, -0.05) is 12.1 Å². The van der Waals surface area contributed by atoms with Gasteiger partial charge < -0.3 is 5.32 Å². The summed E-state index contributed by atoms with van der Waals surface area (Å²) in [6, 6.07) is 6.76. The molecule has 6 heteroatoms. The van der Waals surface area contributed by atoms with Gasteiger partial charge in [0.25, 0.3) is 0 Å². The van der Waals surface area contributed by atoms with Crippen LogP contribution in [0.1, 0.15) is 13.3 Å². The van der Waals surface area contributed by atoms with Crippen LogP contribution >= 0.6 is 11.8 Å². The Labute approximate surface area is 133 Å². The van der Waals surface area contributed by atoms with E-state index in [1.54, 1.807) is 6.20 Å². The molecule has 0 amide bonds. The fourth-order valence-electron chi connectivity index (χ4n) is 3.49. The minimum absolute atomic E-state index is 0.130. The molecule has 1 aromatic heterocycles. The van der Waals surface area contributed by atoms with E-state index in [-0.39, 0.29) is 5.69 Å². The minimum Gasteiger partial charge on any atom is -0.314 e. The van der Waals surface area contributed by atoms with Crippen LogP contribution in [0.25, 0.3) is 10.9 Å². The van der Waals surface area contributed by atoms with Gasteiger partial charge in [0.15, 0.2) is 0 Å². The lowest BCUT2D eigenvalue weighted by molar-refractivity contribution is 0.153. The minimum atomic E-state index is -0.130. The normalized spacial score (nSPS) is 26.0. The maximum Gasteiger partial charge on any atom is 0.348 e. The number of hydrogen-bond acceptors (Lipinski definition) is 5. The second kappa shape index (κ2) is 5.68. The molecule has 2 aliphatic heterocycles. The fraction of sp³-hybridized carbons (Fsp3) is 0.500. The first-order valence-corrected chi connectivity index (χ1v) is 8.74. The molecule has 0 saturated carbocycles. The number of nitrogens with zero attached hydrogens (tertiary/aromatic N) is 3. The van der Waals surface area contributed by atoms with E-state index >= 15 is 0 Å². The predicted octanol–water partition coefficient (Wildman–Crippen LogP) is 1.51. The molecule has 0 radical (unpaired) electrons. The average Bonchev–Trinajstić information content (AvgIpc) is 2.73. The van der Waals surface area contributed by atoms with Gasteiger partial charge in [-0.15, -0.1) is 11.8 Å². The Morgan fingerprint density at radius 1 is 1.36 bits per heavy atom. The van der Waals surface area contributed by atoms with Crippen LogP contribution in [0.15, 0.2) is 34.1 Å². The van der Waals surface area contributed by atoms with Crippen LogP contribution in [-0.2, 0) is 6.54 Å². The standard InChI is InChI=1S/C16H20N4OS/c1-11-9-17-6-8-19(11)14-5-7-20-15-12(10-18-16(20)21)3-2-4-13(15)22-14/h2-4,10-11,14,17H,5-9H2,1H3. The highest BCUT2D eigenvalue weighted by Gasteiger charge is 2.29. The van der Waals surface area contributed by atoms with Crippen LogP contribution < -0.4 is 11.0 Å². The van der Waals surface area contributed by atoms with Crippen LogP contribution in [0.3, 0.4) is 0 Å². The first-order chi connectivity index (χ1) is 10.7. The molecule has 116 valence electrons. The number of hydrogen-bond donors (Lipinski definition) is 1. The third-order valence-corrected chi connectivity index (χ3v) is 5.99. The first-order valence-electron chi connectivity index (χ1n) is 7.86. The number of para-hydroxylation sites is 1. The van der Waals surface area contributed by atoms with Gasteiger partial charge >= 0.3 is 5.69 Å². The SMILES string of the molecule is CC1CNCCN1C1CCn2c(=O)ncc3cccc(c32)S1. The van der Waals surface area contributed by atoms with Gasteiger partial charge in [-0.2, -0.15) is 0 Å². The molecule has 22 heavy (non-hydrogen) atoms. The van der Waals surface area contributed by atoms with Gasteiger partial charge in [0.1, 0.15) is 0 Å². The quantitative estimate of drug-likeness (QED) is 0.864. The Bertz CT molecular complexity index is 759. The largest absolute Gasteiger partial charge is 0.348 e. The molecule has 1 fully saturated rings. The summed E-state index contributed by atoms with van der Waals surface area (Å²) < 4.78 is 1.85. The number of rotatable bonds is 1. The molecule has 0 spiro atoms. The summed E-state index contributed by atoms with van der Waals surface area (Å²) in [5.41, 5.74) is 0.923. The zero-order valence-corrected chi connectivity index (χ0v) is 13.5. The zero-order chi connectivity index (χ0) is 15.1. The van der Waals surface area contributed by atoms with Crippen molar-refractivity contribution in [3.05, 3.63) is 34.9 Å². The fourth-order valence-corrected chi connectivity index (χ4v) is 4.95. The molecule has 2 unspecified atom stereocenters. The number of benzene rings is 1. The number of aromatic nitrogens is 2. The van der Waals surface area contributed by atoms with E-state index in [0.717, 1.165) is 43.5 Å². The zero-order valence-electron chi connectivity index (χ0n) is 12.7. The topological polar surface area (TPSA) is 50.2 Å². The summed E-state index contributed by atoms with van der Waals surface area (Å²) in [6.45, 7) is 6.17. The highest BCUT2D eigenvalue weighted by Crippen LogP contribution is 2.36. The van der Waals surface area contributed by atoms with Gasteiger partial charge in [0.2, 0.25) is 0 Å². The molecule has 5 nitrogen and oxygen atoms in total. The number of nitrogens with one attached hydrogen (secondary N) is 1. The number of piperazine rings is 1. The highest BCUT2D eigenvalue weighted by atomic mass is 32.2. The molecule has 1 aromatic carbocycles. The van der Waals surface area contributed by atoms with Crippen molar-refractivity contribution in [2.75, 3.05) is 19.6 Å². The lowest BCUT2D eigenvalue weighted by atomic mass is 10.2. The summed E-state index contributed by atoms with van der Waals surface area (Å²) >= 11 is 1.90. The lowest BCUT2D eigenvalue weighted by Gasteiger charge is -2.39. The van der Waals surface area contributed by atoms with Crippen molar-refractivity contribution in [2.24, 2.45) is 0 Å². The molecule has 4 rings (SSSR count). The summed E-state index contributed by atoms with van der Waals surface area (Å²) in [5, 5.41) is 4.92. The van der Waals surface area contributed by atoms with Crippen molar-refractivity contribution in [3.8, 4) is 0 Å². The van der Waals surface area contributed by atoms with Crippen molar-refractivity contribution < 1.29 is 0 Å². The maximum absolute atomic E-state index is 12.2. The summed E-state index contributed by atoms with van der Waals surface area (Å²) in [5.74, 6) is 0. The van der Waals surface area contributed by atoms with Gasteiger partial charge in [0.05, 0.1) is 10.9 Å². The van der Waals surface area contributed by atoms with Crippen molar-refractivity contribution >= 4 is 22.7 Å². The van der Waals surface area contributed by atoms with Crippen LogP contribution in [-0.4, -0.2) is 45.5 Å². The third kappa shape index (κ3) is 2.35. The molecule has 2 aliphatic rings. The maximum atomic E-state index is 12.2. The Kier molecular flexibility index (Phi) is 3.68. The molecule has 2 aromatic rings. The Balaban J connectivity index is 1.76. The number of thioether (sulfide) groups is 1. The second-order valence-electron chi connectivity index (χ2n) is 6.04. The molecular weight excluding hydrogens is 296 g/mol. The summed E-state index contributed by atoms with van der Waals surface area (Å²) in [7, 11) is 0. The second-order valence-corrected chi connectivity index (χ2v) is 7.26. The van der Waals surface area contributed by atoms with E-state index in [1.807, 2.05) is 22.4 Å². The van der Waals surface area contributed by atoms with E-state index in [1.165, 1.54) is 4.90 Å². The summed E-state index contributed by atoms with van der Waals surface area (Å²) in [6.07, 6.45) is 2.68. The Morgan fingerprint density at radius 2 is 2.27 bits per heavy atom. The van der Waals surface area contributed by atoms with Gasteiger partial charge in [0, 0.05) is 48.7 Å². The Hall–Kier alpha value is -1.37.